The van der Waals surface area contributed by atoms with Gasteiger partial charge in [0.2, 0.25) is 5.91 Å². The van der Waals surface area contributed by atoms with E-state index < -0.39 is 0 Å². The van der Waals surface area contributed by atoms with Crippen LogP contribution in [0.25, 0.3) is 0 Å². The number of halogens is 1. The molecule has 0 saturated carbocycles. The van der Waals surface area contributed by atoms with Crippen LogP contribution in [-0.2, 0) is 4.79 Å². The maximum absolute atomic E-state index is 13.3. The highest BCUT2D eigenvalue weighted by Crippen LogP contribution is 2.18. The number of hydrogen-bond acceptors (Lipinski definition) is 2. The molecule has 1 unspecified atom stereocenters. The monoisotopic (exact) mass is 238 g/mol. The Morgan fingerprint density at radius 2 is 2.24 bits per heavy atom. The van der Waals surface area contributed by atoms with E-state index in [0.717, 1.165) is 6.42 Å². The molecule has 1 atom stereocenters. The minimum Gasteiger partial charge on any atom is -0.330 e. The summed E-state index contributed by atoms with van der Waals surface area (Å²) >= 11 is 0. The standard InChI is InChI=1S/C13H19FN2O/c1-3-10(8-15)7-13(17)16-12-6-4-5-11(14)9(12)2/h4-6,10H,3,7-8,15H2,1-2H3,(H,16,17). The number of carbonyl (C=O) groups excluding carboxylic acids is 1. The fourth-order valence-corrected chi connectivity index (χ4v) is 1.60. The molecule has 4 heteroatoms. The van der Waals surface area contributed by atoms with E-state index in [0.29, 0.717) is 24.2 Å². The average Bonchev–Trinajstić information content (AvgIpc) is 2.32. The third kappa shape index (κ3) is 3.82. The van der Waals surface area contributed by atoms with E-state index in [4.69, 9.17) is 5.73 Å². The topological polar surface area (TPSA) is 55.1 Å². The Balaban J connectivity index is 2.65. The van der Waals surface area contributed by atoms with E-state index >= 15 is 0 Å². The molecule has 17 heavy (non-hydrogen) atoms. The Morgan fingerprint density at radius 1 is 1.53 bits per heavy atom. The van der Waals surface area contributed by atoms with E-state index in [-0.39, 0.29) is 17.6 Å². The number of nitrogens with two attached hydrogens (primary N) is 1. The maximum atomic E-state index is 13.3. The van der Waals surface area contributed by atoms with E-state index in [2.05, 4.69) is 5.32 Å². The smallest absolute Gasteiger partial charge is 0.224 e. The summed E-state index contributed by atoms with van der Waals surface area (Å²) in [7, 11) is 0. The lowest BCUT2D eigenvalue weighted by Crippen LogP contribution is -2.22. The maximum Gasteiger partial charge on any atom is 0.224 e. The van der Waals surface area contributed by atoms with Gasteiger partial charge >= 0.3 is 0 Å². The highest BCUT2D eigenvalue weighted by molar-refractivity contribution is 5.91. The first kappa shape index (κ1) is 13.6. The summed E-state index contributed by atoms with van der Waals surface area (Å²) in [6, 6.07) is 4.65. The van der Waals surface area contributed by atoms with Gasteiger partial charge in [-0.1, -0.05) is 19.4 Å². The summed E-state index contributed by atoms with van der Waals surface area (Å²) in [4.78, 5) is 11.7. The van der Waals surface area contributed by atoms with Crippen LogP contribution in [0.2, 0.25) is 0 Å². The van der Waals surface area contributed by atoms with Crippen LogP contribution in [0.15, 0.2) is 18.2 Å². The second kappa shape index (κ2) is 6.35. The molecule has 0 saturated heterocycles. The Bertz CT molecular complexity index is 389. The van der Waals surface area contributed by atoms with Gasteiger partial charge in [0.05, 0.1) is 0 Å². The number of rotatable bonds is 5. The van der Waals surface area contributed by atoms with Gasteiger partial charge in [0, 0.05) is 17.7 Å². The van der Waals surface area contributed by atoms with Crippen LogP contribution >= 0.6 is 0 Å². The van der Waals surface area contributed by atoms with Crippen molar-refractivity contribution >= 4 is 11.6 Å². The van der Waals surface area contributed by atoms with Gasteiger partial charge in [-0.25, -0.2) is 4.39 Å². The van der Waals surface area contributed by atoms with Crippen LogP contribution < -0.4 is 11.1 Å². The van der Waals surface area contributed by atoms with Crippen molar-refractivity contribution in [2.75, 3.05) is 11.9 Å². The predicted molar refractivity (Wildman–Crippen MR) is 67.2 cm³/mol. The summed E-state index contributed by atoms with van der Waals surface area (Å²) in [6.45, 7) is 4.13. The Kier molecular flexibility index (Phi) is 5.10. The van der Waals surface area contributed by atoms with Crippen LogP contribution in [0.3, 0.4) is 0 Å². The van der Waals surface area contributed by atoms with Crippen molar-refractivity contribution in [1.29, 1.82) is 0 Å². The van der Waals surface area contributed by atoms with Crippen molar-refractivity contribution in [3.63, 3.8) is 0 Å². The lowest BCUT2D eigenvalue weighted by molar-refractivity contribution is -0.117. The first-order valence-electron chi connectivity index (χ1n) is 5.83. The third-order valence-electron chi connectivity index (χ3n) is 2.93. The largest absolute Gasteiger partial charge is 0.330 e. The number of carbonyl (C=O) groups is 1. The highest BCUT2D eigenvalue weighted by atomic mass is 19.1. The molecule has 0 aliphatic heterocycles. The van der Waals surface area contributed by atoms with E-state index in [1.165, 1.54) is 6.07 Å². The summed E-state index contributed by atoms with van der Waals surface area (Å²) in [5.41, 5.74) is 6.53. The molecule has 0 aliphatic rings. The number of anilines is 1. The minimum atomic E-state index is -0.311. The van der Waals surface area contributed by atoms with E-state index in [1.807, 2.05) is 6.92 Å². The molecule has 1 amide bonds. The quantitative estimate of drug-likeness (QED) is 0.827. The fraction of sp³-hybridized carbons (Fsp3) is 0.462. The lowest BCUT2D eigenvalue weighted by atomic mass is 10.0. The summed E-state index contributed by atoms with van der Waals surface area (Å²) in [5.74, 6) is -0.242. The predicted octanol–water partition coefficient (Wildman–Crippen LogP) is 2.45. The van der Waals surface area contributed by atoms with E-state index in [9.17, 15) is 9.18 Å². The SMILES string of the molecule is CCC(CN)CC(=O)Nc1cccc(F)c1C. The molecular weight excluding hydrogens is 219 g/mol. The van der Waals surface area contributed by atoms with Gasteiger partial charge in [-0.2, -0.15) is 0 Å². The number of benzene rings is 1. The zero-order chi connectivity index (χ0) is 12.8. The Morgan fingerprint density at radius 3 is 2.82 bits per heavy atom. The Labute approximate surface area is 101 Å². The van der Waals surface area contributed by atoms with Crippen molar-refractivity contribution in [3.05, 3.63) is 29.6 Å². The van der Waals surface area contributed by atoms with Gasteiger partial charge in [-0.15, -0.1) is 0 Å². The number of nitrogens with one attached hydrogen (secondary N) is 1. The van der Waals surface area contributed by atoms with Gasteiger partial charge in [-0.3, -0.25) is 4.79 Å². The van der Waals surface area contributed by atoms with Crippen molar-refractivity contribution in [2.45, 2.75) is 26.7 Å². The zero-order valence-electron chi connectivity index (χ0n) is 10.3. The number of amides is 1. The van der Waals surface area contributed by atoms with Crippen LogP contribution in [0.1, 0.15) is 25.3 Å². The Hall–Kier alpha value is -1.42. The summed E-state index contributed by atoms with van der Waals surface area (Å²) < 4.78 is 13.3. The van der Waals surface area contributed by atoms with Crippen LogP contribution in [0, 0.1) is 18.7 Å². The summed E-state index contributed by atoms with van der Waals surface area (Å²) in [5, 5.41) is 2.72. The van der Waals surface area contributed by atoms with Crippen molar-refractivity contribution in [2.24, 2.45) is 11.7 Å². The molecule has 3 N–H and O–H groups in total. The van der Waals surface area contributed by atoms with E-state index in [1.54, 1.807) is 19.1 Å². The van der Waals surface area contributed by atoms with Crippen LogP contribution in [0.5, 0.6) is 0 Å². The van der Waals surface area contributed by atoms with Crippen molar-refractivity contribution in [1.82, 2.24) is 0 Å². The molecule has 0 aromatic heterocycles. The van der Waals surface area contributed by atoms with Crippen molar-refractivity contribution < 1.29 is 9.18 Å². The van der Waals surface area contributed by atoms with Crippen LogP contribution in [-0.4, -0.2) is 12.5 Å². The normalized spacial score (nSPS) is 12.2. The molecule has 1 aromatic rings. The lowest BCUT2D eigenvalue weighted by Gasteiger charge is -2.13. The second-order valence-corrected chi connectivity index (χ2v) is 4.17. The average molecular weight is 238 g/mol. The van der Waals surface area contributed by atoms with Crippen molar-refractivity contribution in [3.8, 4) is 0 Å². The van der Waals surface area contributed by atoms with Gasteiger partial charge in [-0.05, 0) is 31.5 Å². The molecule has 0 radical (unpaired) electrons. The second-order valence-electron chi connectivity index (χ2n) is 4.17. The van der Waals surface area contributed by atoms with Gasteiger partial charge in [0.1, 0.15) is 5.82 Å². The molecular formula is C13H19FN2O. The minimum absolute atomic E-state index is 0.115. The molecule has 0 bridgehead atoms. The van der Waals surface area contributed by atoms with Gasteiger partial charge < -0.3 is 11.1 Å². The molecule has 0 aliphatic carbocycles. The zero-order valence-corrected chi connectivity index (χ0v) is 10.3. The molecule has 94 valence electrons. The third-order valence-corrected chi connectivity index (χ3v) is 2.93. The molecule has 0 fully saturated rings. The fourth-order valence-electron chi connectivity index (χ4n) is 1.60. The van der Waals surface area contributed by atoms with Crippen LogP contribution in [0.4, 0.5) is 10.1 Å². The van der Waals surface area contributed by atoms with Gasteiger partial charge in [0.15, 0.2) is 0 Å². The molecule has 0 heterocycles. The molecule has 3 nitrogen and oxygen atoms in total. The summed E-state index contributed by atoms with van der Waals surface area (Å²) in [6.07, 6.45) is 1.25. The molecule has 1 rings (SSSR count). The highest BCUT2D eigenvalue weighted by Gasteiger charge is 2.12. The van der Waals surface area contributed by atoms with Gasteiger partial charge in [0.25, 0.3) is 0 Å². The first-order chi connectivity index (χ1) is 8.08. The molecule has 1 aromatic carbocycles. The molecule has 0 spiro atoms. The first-order valence-corrected chi connectivity index (χ1v) is 5.83. The number of hydrogen-bond donors (Lipinski definition) is 2.